The quantitative estimate of drug-likeness (QED) is 0.498. The van der Waals surface area contributed by atoms with E-state index in [2.05, 4.69) is 5.32 Å². The molecule has 0 heterocycles. The third-order valence-electron chi connectivity index (χ3n) is 5.06. The van der Waals surface area contributed by atoms with Gasteiger partial charge in [-0.3, -0.25) is 14.4 Å². The van der Waals surface area contributed by atoms with E-state index in [1.54, 1.807) is 73.8 Å². The predicted molar refractivity (Wildman–Crippen MR) is 117 cm³/mol. The van der Waals surface area contributed by atoms with Gasteiger partial charge in [0.2, 0.25) is 5.91 Å². The SMILES string of the molecule is COc1ccc(OC)c(/C=C/C(=O)Nc2cccc3c2C(=O)c2ccccc2C3=O)c1. The Balaban J connectivity index is 1.63. The summed E-state index contributed by atoms with van der Waals surface area (Å²) in [7, 11) is 3.09. The molecule has 0 bridgehead atoms. The summed E-state index contributed by atoms with van der Waals surface area (Å²) < 4.78 is 10.5. The molecule has 0 saturated heterocycles. The number of ketones is 2. The summed E-state index contributed by atoms with van der Waals surface area (Å²) in [6, 6.07) is 16.8. The zero-order valence-corrected chi connectivity index (χ0v) is 17.0. The molecule has 0 aliphatic heterocycles. The van der Waals surface area contributed by atoms with E-state index in [0.717, 1.165) is 0 Å². The molecule has 6 nitrogen and oxygen atoms in total. The van der Waals surface area contributed by atoms with Crippen molar-refractivity contribution in [2.24, 2.45) is 0 Å². The van der Waals surface area contributed by atoms with Crippen LogP contribution in [0, 0.1) is 0 Å². The molecular weight excluding hydrogens is 394 g/mol. The van der Waals surface area contributed by atoms with Gasteiger partial charge >= 0.3 is 0 Å². The van der Waals surface area contributed by atoms with Crippen LogP contribution in [0.25, 0.3) is 6.08 Å². The number of anilines is 1. The lowest BCUT2D eigenvalue weighted by Crippen LogP contribution is -2.23. The highest BCUT2D eigenvalue weighted by molar-refractivity contribution is 6.30. The van der Waals surface area contributed by atoms with Crippen molar-refractivity contribution >= 4 is 29.2 Å². The molecule has 1 aliphatic carbocycles. The van der Waals surface area contributed by atoms with E-state index in [4.69, 9.17) is 9.47 Å². The highest BCUT2D eigenvalue weighted by atomic mass is 16.5. The number of nitrogens with one attached hydrogen (secondary N) is 1. The van der Waals surface area contributed by atoms with Gasteiger partial charge in [-0.25, -0.2) is 0 Å². The molecule has 154 valence electrons. The van der Waals surface area contributed by atoms with Gasteiger partial charge < -0.3 is 14.8 Å². The third kappa shape index (κ3) is 3.71. The number of carbonyl (C=O) groups excluding carboxylic acids is 3. The Bertz CT molecular complexity index is 1240. The van der Waals surface area contributed by atoms with Crippen LogP contribution in [0.5, 0.6) is 11.5 Å². The van der Waals surface area contributed by atoms with Crippen molar-refractivity contribution in [1.82, 2.24) is 0 Å². The van der Waals surface area contributed by atoms with E-state index in [1.807, 2.05) is 0 Å². The van der Waals surface area contributed by atoms with Crippen LogP contribution < -0.4 is 14.8 Å². The number of carbonyl (C=O) groups is 3. The van der Waals surface area contributed by atoms with Gasteiger partial charge in [0.25, 0.3) is 0 Å². The Morgan fingerprint density at radius 1 is 0.839 bits per heavy atom. The number of amides is 1. The standard InChI is InChI=1S/C25H19NO5/c1-30-16-11-12-21(31-2)15(14-16)10-13-22(27)26-20-9-5-8-19-23(20)25(29)18-7-4-3-6-17(18)24(19)28/h3-14H,1-2H3,(H,26,27)/b13-10+. The van der Waals surface area contributed by atoms with E-state index >= 15 is 0 Å². The van der Waals surface area contributed by atoms with Gasteiger partial charge in [-0.05, 0) is 30.3 Å². The molecule has 0 atom stereocenters. The second-order valence-corrected chi connectivity index (χ2v) is 6.86. The van der Waals surface area contributed by atoms with Crippen molar-refractivity contribution in [2.75, 3.05) is 19.5 Å². The van der Waals surface area contributed by atoms with E-state index in [1.165, 1.54) is 13.2 Å². The molecule has 4 rings (SSSR count). The minimum absolute atomic E-state index is 0.201. The Hall–Kier alpha value is -4.19. The first-order valence-corrected chi connectivity index (χ1v) is 9.56. The van der Waals surface area contributed by atoms with Crippen LogP contribution in [-0.2, 0) is 4.79 Å². The normalized spacial score (nSPS) is 12.3. The fourth-order valence-corrected chi connectivity index (χ4v) is 3.56. The van der Waals surface area contributed by atoms with Gasteiger partial charge in [-0.1, -0.05) is 36.4 Å². The van der Waals surface area contributed by atoms with Crippen LogP contribution >= 0.6 is 0 Å². The summed E-state index contributed by atoms with van der Waals surface area (Å²) in [6.07, 6.45) is 2.92. The van der Waals surface area contributed by atoms with E-state index in [-0.39, 0.29) is 28.4 Å². The van der Waals surface area contributed by atoms with Crippen LogP contribution in [0.3, 0.4) is 0 Å². The monoisotopic (exact) mass is 413 g/mol. The average molecular weight is 413 g/mol. The van der Waals surface area contributed by atoms with Gasteiger partial charge in [-0.15, -0.1) is 0 Å². The van der Waals surface area contributed by atoms with E-state index < -0.39 is 5.91 Å². The summed E-state index contributed by atoms with van der Waals surface area (Å²) in [5, 5.41) is 2.72. The fourth-order valence-electron chi connectivity index (χ4n) is 3.56. The summed E-state index contributed by atoms with van der Waals surface area (Å²) in [6.45, 7) is 0. The number of hydrogen-bond donors (Lipinski definition) is 1. The molecule has 1 amide bonds. The fraction of sp³-hybridized carbons (Fsp3) is 0.0800. The van der Waals surface area contributed by atoms with Gasteiger partial charge in [-0.2, -0.15) is 0 Å². The van der Waals surface area contributed by atoms with Crippen molar-refractivity contribution in [3.8, 4) is 11.5 Å². The Morgan fingerprint density at radius 2 is 1.55 bits per heavy atom. The van der Waals surface area contributed by atoms with E-state index in [9.17, 15) is 14.4 Å². The Kier molecular flexibility index (Phi) is 5.37. The van der Waals surface area contributed by atoms with Crippen molar-refractivity contribution in [3.63, 3.8) is 0 Å². The maximum absolute atomic E-state index is 13.0. The highest BCUT2D eigenvalue weighted by Crippen LogP contribution is 2.32. The molecule has 0 saturated carbocycles. The number of hydrogen-bond acceptors (Lipinski definition) is 5. The number of ether oxygens (including phenoxy) is 2. The molecule has 3 aromatic rings. The van der Waals surface area contributed by atoms with Crippen molar-refractivity contribution in [1.29, 1.82) is 0 Å². The first-order chi connectivity index (χ1) is 15.0. The predicted octanol–water partition coefficient (Wildman–Crippen LogP) is 4.13. The molecule has 31 heavy (non-hydrogen) atoms. The van der Waals surface area contributed by atoms with Gasteiger partial charge in [0.05, 0.1) is 25.5 Å². The zero-order valence-electron chi connectivity index (χ0n) is 17.0. The first kappa shape index (κ1) is 20.1. The van der Waals surface area contributed by atoms with Gasteiger partial charge in [0.1, 0.15) is 11.5 Å². The lowest BCUT2D eigenvalue weighted by molar-refractivity contribution is -0.111. The molecule has 0 aromatic heterocycles. The molecule has 6 heteroatoms. The molecular formula is C25H19NO5. The highest BCUT2D eigenvalue weighted by Gasteiger charge is 2.31. The van der Waals surface area contributed by atoms with Crippen LogP contribution in [0.15, 0.2) is 66.7 Å². The molecule has 1 aliphatic rings. The minimum Gasteiger partial charge on any atom is -0.497 e. The molecule has 0 radical (unpaired) electrons. The van der Waals surface area contributed by atoms with E-state index in [0.29, 0.717) is 28.2 Å². The topological polar surface area (TPSA) is 81.7 Å². The third-order valence-corrected chi connectivity index (χ3v) is 5.06. The Labute approximate surface area is 179 Å². The summed E-state index contributed by atoms with van der Waals surface area (Å²) in [4.78, 5) is 38.5. The number of benzene rings is 3. The van der Waals surface area contributed by atoms with Crippen LogP contribution in [0.4, 0.5) is 5.69 Å². The molecule has 0 unspecified atom stereocenters. The van der Waals surface area contributed by atoms with Crippen molar-refractivity contribution in [2.45, 2.75) is 0 Å². The van der Waals surface area contributed by atoms with Crippen LogP contribution in [0.1, 0.15) is 37.4 Å². The summed E-state index contributed by atoms with van der Waals surface area (Å²) >= 11 is 0. The maximum atomic E-state index is 13.0. The van der Waals surface area contributed by atoms with Crippen LogP contribution in [-0.4, -0.2) is 31.7 Å². The van der Waals surface area contributed by atoms with Crippen molar-refractivity contribution < 1.29 is 23.9 Å². The van der Waals surface area contributed by atoms with Gasteiger partial charge in [0.15, 0.2) is 11.6 Å². The van der Waals surface area contributed by atoms with Gasteiger partial charge in [0, 0.05) is 28.3 Å². The molecule has 0 spiro atoms. The zero-order chi connectivity index (χ0) is 22.0. The van der Waals surface area contributed by atoms with Crippen molar-refractivity contribution in [3.05, 3.63) is 94.6 Å². The number of rotatable bonds is 5. The average Bonchev–Trinajstić information content (AvgIpc) is 2.81. The molecule has 3 aromatic carbocycles. The summed E-state index contributed by atoms with van der Waals surface area (Å²) in [5.41, 5.74) is 2.13. The second-order valence-electron chi connectivity index (χ2n) is 6.86. The lowest BCUT2D eigenvalue weighted by Gasteiger charge is -2.20. The number of fused-ring (bicyclic) bond motifs is 2. The largest absolute Gasteiger partial charge is 0.497 e. The smallest absolute Gasteiger partial charge is 0.248 e. The summed E-state index contributed by atoms with van der Waals surface area (Å²) in [5.74, 6) is 0.231. The minimum atomic E-state index is -0.447. The van der Waals surface area contributed by atoms with Crippen LogP contribution in [0.2, 0.25) is 0 Å². The lowest BCUT2D eigenvalue weighted by atomic mass is 9.83. The first-order valence-electron chi connectivity index (χ1n) is 9.56. The second kappa shape index (κ2) is 8.28. The molecule has 1 N–H and O–H groups in total. The number of methoxy groups -OCH3 is 2. The maximum Gasteiger partial charge on any atom is 0.248 e. The molecule has 0 fully saturated rings. The Morgan fingerprint density at radius 3 is 2.26 bits per heavy atom.